The van der Waals surface area contributed by atoms with Crippen LogP contribution in [0.25, 0.3) is 0 Å². The van der Waals surface area contributed by atoms with Crippen LogP contribution in [0.15, 0.2) is 36.4 Å². The van der Waals surface area contributed by atoms with Gasteiger partial charge in [0.05, 0.1) is 23.3 Å². The lowest BCUT2D eigenvalue weighted by atomic mass is 10.1. The molecule has 0 spiro atoms. The maximum atomic E-state index is 9.31. The van der Waals surface area contributed by atoms with Crippen molar-refractivity contribution in [1.82, 2.24) is 0 Å². The Morgan fingerprint density at radius 3 is 1.29 bits per heavy atom. The van der Waals surface area contributed by atoms with Crippen LogP contribution < -0.4 is 9.47 Å². The Balaban J connectivity index is 1.40. The highest BCUT2D eigenvalue weighted by Crippen LogP contribution is 2.29. The average molecular weight is 427 g/mol. The van der Waals surface area contributed by atoms with Crippen LogP contribution in [0.3, 0.4) is 0 Å². The third-order valence-corrected chi connectivity index (χ3v) is 4.98. The highest BCUT2D eigenvalue weighted by molar-refractivity contribution is 6.32. The van der Waals surface area contributed by atoms with E-state index in [2.05, 4.69) is 0 Å². The van der Waals surface area contributed by atoms with Gasteiger partial charge in [0, 0.05) is 12.1 Å². The second-order valence-corrected chi connectivity index (χ2v) is 7.57. The van der Waals surface area contributed by atoms with Gasteiger partial charge in [-0.05, 0) is 37.1 Å². The lowest BCUT2D eigenvalue weighted by Gasteiger charge is -2.09. The fourth-order valence-electron chi connectivity index (χ4n) is 2.84. The number of phenols is 2. The first-order chi connectivity index (χ1) is 13.6. The first-order valence-electron chi connectivity index (χ1n) is 9.79. The Kier molecular flexibility index (Phi) is 10.2. The summed E-state index contributed by atoms with van der Waals surface area (Å²) in [5.74, 6) is 1.53. The number of hydrogen-bond donors (Lipinski definition) is 2. The molecule has 2 N–H and O–H groups in total. The Hall–Kier alpha value is -1.78. The molecular weight excluding hydrogens is 399 g/mol. The van der Waals surface area contributed by atoms with Crippen LogP contribution in [0, 0.1) is 0 Å². The maximum absolute atomic E-state index is 9.31. The lowest BCUT2D eigenvalue weighted by molar-refractivity contribution is 0.301. The second-order valence-electron chi connectivity index (χ2n) is 6.75. The van der Waals surface area contributed by atoms with Gasteiger partial charge >= 0.3 is 0 Å². The van der Waals surface area contributed by atoms with E-state index in [4.69, 9.17) is 32.7 Å². The summed E-state index contributed by atoms with van der Waals surface area (Å²) in [4.78, 5) is 0. The highest BCUT2D eigenvalue weighted by Gasteiger charge is 2.03. The summed E-state index contributed by atoms with van der Waals surface area (Å²) in [7, 11) is 0. The van der Waals surface area contributed by atoms with E-state index >= 15 is 0 Å². The number of unbranched alkanes of at least 4 members (excludes halogenated alkanes) is 7. The Morgan fingerprint density at radius 1 is 0.571 bits per heavy atom. The fourth-order valence-corrected chi connectivity index (χ4v) is 3.30. The number of benzene rings is 2. The SMILES string of the molecule is Oc1ccc(OCCCCCCCCCCOc2ccc(O)cc2Cl)c(Cl)c1. The van der Waals surface area contributed by atoms with Crippen molar-refractivity contribution in [1.29, 1.82) is 0 Å². The molecule has 4 nitrogen and oxygen atoms in total. The fraction of sp³-hybridized carbons (Fsp3) is 0.455. The molecule has 0 aliphatic rings. The molecule has 6 heteroatoms. The van der Waals surface area contributed by atoms with E-state index in [1.165, 1.54) is 37.8 Å². The summed E-state index contributed by atoms with van der Waals surface area (Å²) in [5, 5.41) is 19.5. The minimum Gasteiger partial charge on any atom is -0.508 e. The number of rotatable bonds is 13. The Labute approximate surface area is 177 Å². The van der Waals surface area contributed by atoms with Crippen LogP contribution in [0.2, 0.25) is 10.0 Å². The molecule has 2 rings (SSSR count). The summed E-state index contributed by atoms with van der Waals surface area (Å²) < 4.78 is 11.3. The van der Waals surface area contributed by atoms with Crippen LogP contribution in [0.4, 0.5) is 0 Å². The molecule has 0 radical (unpaired) electrons. The molecule has 28 heavy (non-hydrogen) atoms. The van der Waals surface area contributed by atoms with Crippen molar-refractivity contribution in [2.75, 3.05) is 13.2 Å². The summed E-state index contributed by atoms with van der Waals surface area (Å²) in [6, 6.07) is 9.51. The summed E-state index contributed by atoms with van der Waals surface area (Å²) >= 11 is 12.0. The Morgan fingerprint density at radius 2 is 0.929 bits per heavy atom. The molecule has 0 aliphatic heterocycles. The summed E-state index contributed by atoms with van der Waals surface area (Å²) in [6.45, 7) is 1.28. The van der Waals surface area contributed by atoms with Crippen LogP contribution in [-0.2, 0) is 0 Å². The van der Waals surface area contributed by atoms with E-state index in [9.17, 15) is 10.2 Å². The van der Waals surface area contributed by atoms with Crippen molar-refractivity contribution in [3.05, 3.63) is 46.4 Å². The zero-order chi connectivity index (χ0) is 20.2. The monoisotopic (exact) mass is 426 g/mol. The van der Waals surface area contributed by atoms with E-state index < -0.39 is 0 Å². The standard InChI is InChI=1S/C22H28Cl2O4/c23-19-15-17(25)9-11-21(19)27-13-7-5-3-1-2-4-6-8-14-28-22-12-10-18(26)16-20(22)24/h9-12,15-16,25-26H,1-8,13-14H2. The van der Waals surface area contributed by atoms with E-state index in [0.29, 0.717) is 34.8 Å². The van der Waals surface area contributed by atoms with Gasteiger partial charge in [-0.25, -0.2) is 0 Å². The van der Waals surface area contributed by atoms with E-state index in [1.807, 2.05) is 0 Å². The quantitative estimate of drug-likeness (QED) is 0.339. The number of hydrogen-bond acceptors (Lipinski definition) is 4. The second kappa shape index (κ2) is 12.6. The molecule has 2 aromatic rings. The van der Waals surface area contributed by atoms with Gasteiger partial charge in [0.25, 0.3) is 0 Å². The normalized spacial score (nSPS) is 10.8. The first-order valence-corrected chi connectivity index (χ1v) is 10.5. The number of phenolic OH excluding ortho intramolecular Hbond substituents is 2. The van der Waals surface area contributed by atoms with E-state index in [1.54, 1.807) is 24.3 Å². The molecule has 0 heterocycles. The van der Waals surface area contributed by atoms with Crippen molar-refractivity contribution in [2.24, 2.45) is 0 Å². The topological polar surface area (TPSA) is 58.9 Å². The van der Waals surface area contributed by atoms with Crippen LogP contribution >= 0.6 is 23.2 Å². The van der Waals surface area contributed by atoms with Crippen molar-refractivity contribution in [2.45, 2.75) is 51.4 Å². The molecule has 0 unspecified atom stereocenters. The van der Waals surface area contributed by atoms with Crippen LogP contribution in [-0.4, -0.2) is 23.4 Å². The minimum atomic E-state index is 0.146. The van der Waals surface area contributed by atoms with Gasteiger partial charge in [-0.1, -0.05) is 61.7 Å². The van der Waals surface area contributed by atoms with Gasteiger partial charge < -0.3 is 19.7 Å². The smallest absolute Gasteiger partial charge is 0.138 e. The molecule has 0 bridgehead atoms. The van der Waals surface area contributed by atoms with Gasteiger partial charge in [0.1, 0.15) is 23.0 Å². The molecule has 0 saturated carbocycles. The van der Waals surface area contributed by atoms with Gasteiger partial charge in [-0.3, -0.25) is 0 Å². The minimum absolute atomic E-state index is 0.146. The number of halogens is 2. The van der Waals surface area contributed by atoms with Crippen LogP contribution in [0.1, 0.15) is 51.4 Å². The molecular formula is C22H28Cl2O4. The zero-order valence-electron chi connectivity index (χ0n) is 16.0. The lowest BCUT2D eigenvalue weighted by Crippen LogP contribution is -1.98. The molecule has 0 aliphatic carbocycles. The van der Waals surface area contributed by atoms with E-state index in [0.717, 1.165) is 25.7 Å². The van der Waals surface area contributed by atoms with Gasteiger partial charge in [0.15, 0.2) is 0 Å². The Bertz CT molecular complexity index is 660. The molecule has 0 fully saturated rings. The third kappa shape index (κ3) is 8.49. The van der Waals surface area contributed by atoms with Crippen molar-refractivity contribution in [3.63, 3.8) is 0 Å². The first kappa shape index (κ1) is 22.5. The number of ether oxygens (including phenoxy) is 2. The third-order valence-electron chi connectivity index (χ3n) is 4.38. The van der Waals surface area contributed by atoms with Crippen LogP contribution in [0.5, 0.6) is 23.0 Å². The zero-order valence-corrected chi connectivity index (χ0v) is 17.5. The molecule has 0 atom stereocenters. The predicted octanol–water partition coefficient (Wildman–Crippen LogP) is 6.98. The average Bonchev–Trinajstić information content (AvgIpc) is 2.65. The molecule has 0 amide bonds. The van der Waals surface area contributed by atoms with Crippen molar-refractivity contribution < 1.29 is 19.7 Å². The summed E-state index contributed by atoms with van der Waals surface area (Å²) in [6.07, 6.45) is 9.13. The molecule has 0 saturated heterocycles. The largest absolute Gasteiger partial charge is 0.508 e. The van der Waals surface area contributed by atoms with Gasteiger partial charge in [-0.2, -0.15) is 0 Å². The number of aromatic hydroxyl groups is 2. The highest BCUT2D eigenvalue weighted by atomic mass is 35.5. The van der Waals surface area contributed by atoms with Gasteiger partial charge in [-0.15, -0.1) is 0 Å². The molecule has 2 aromatic carbocycles. The molecule has 0 aromatic heterocycles. The van der Waals surface area contributed by atoms with Crippen molar-refractivity contribution in [3.8, 4) is 23.0 Å². The van der Waals surface area contributed by atoms with Gasteiger partial charge in [0.2, 0.25) is 0 Å². The van der Waals surface area contributed by atoms with E-state index in [-0.39, 0.29) is 11.5 Å². The van der Waals surface area contributed by atoms with Crippen molar-refractivity contribution >= 4 is 23.2 Å². The molecule has 154 valence electrons. The summed E-state index contributed by atoms with van der Waals surface area (Å²) in [5.41, 5.74) is 0. The maximum Gasteiger partial charge on any atom is 0.138 e. The predicted molar refractivity (Wildman–Crippen MR) is 114 cm³/mol.